The van der Waals surface area contributed by atoms with Gasteiger partial charge in [-0.25, -0.2) is 4.98 Å². The summed E-state index contributed by atoms with van der Waals surface area (Å²) in [7, 11) is 1.49. The quantitative estimate of drug-likeness (QED) is 0.789. The van der Waals surface area contributed by atoms with E-state index < -0.39 is 0 Å². The average Bonchev–Trinajstić information content (AvgIpc) is 2.35. The molecule has 18 heavy (non-hydrogen) atoms. The predicted octanol–water partition coefficient (Wildman–Crippen LogP) is 0.736. The lowest BCUT2D eigenvalue weighted by Gasteiger charge is -2.47. The average molecular weight is 251 g/mol. The summed E-state index contributed by atoms with van der Waals surface area (Å²) in [5.41, 5.74) is 0.0735. The molecule has 0 atom stereocenters. The van der Waals surface area contributed by atoms with Crippen LogP contribution in [0, 0.1) is 0 Å². The SMILES string of the molecule is CCOC1(C)CN(C(=O)c2cncc(OC)n2)C1. The first-order valence-electron chi connectivity index (χ1n) is 5.87. The summed E-state index contributed by atoms with van der Waals surface area (Å²) >= 11 is 0. The molecular formula is C12H17N3O3. The van der Waals surface area contributed by atoms with Crippen molar-refractivity contribution in [3.05, 3.63) is 18.1 Å². The standard InChI is InChI=1S/C12H17N3O3/c1-4-18-12(2)7-15(8-12)11(16)9-5-13-6-10(14-9)17-3/h5-6H,4,7-8H2,1-3H3. The van der Waals surface area contributed by atoms with Gasteiger partial charge in [0.1, 0.15) is 5.60 Å². The third-order valence-electron chi connectivity index (χ3n) is 2.87. The second-order valence-corrected chi connectivity index (χ2v) is 4.49. The van der Waals surface area contributed by atoms with E-state index in [1.54, 1.807) is 4.90 Å². The van der Waals surface area contributed by atoms with Crippen LogP contribution in [0.4, 0.5) is 0 Å². The number of ether oxygens (including phenoxy) is 2. The number of amides is 1. The molecule has 1 saturated heterocycles. The molecule has 1 aromatic heterocycles. The number of likely N-dealkylation sites (tertiary alicyclic amines) is 1. The lowest BCUT2D eigenvalue weighted by molar-refractivity contribution is -0.113. The fourth-order valence-corrected chi connectivity index (χ4v) is 2.06. The zero-order valence-electron chi connectivity index (χ0n) is 10.8. The number of carbonyl (C=O) groups excluding carboxylic acids is 1. The second kappa shape index (κ2) is 4.89. The van der Waals surface area contributed by atoms with E-state index in [-0.39, 0.29) is 11.5 Å². The molecule has 1 aliphatic rings. The van der Waals surface area contributed by atoms with E-state index in [4.69, 9.17) is 9.47 Å². The normalized spacial score (nSPS) is 17.2. The number of hydrogen-bond donors (Lipinski definition) is 0. The molecule has 6 heteroatoms. The summed E-state index contributed by atoms with van der Waals surface area (Å²) in [4.78, 5) is 21.8. The Balaban J connectivity index is 2.01. The Labute approximate surface area is 106 Å². The van der Waals surface area contributed by atoms with E-state index in [1.807, 2.05) is 13.8 Å². The summed E-state index contributed by atoms with van der Waals surface area (Å²) in [5, 5.41) is 0. The van der Waals surface area contributed by atoms with Crippen molar-refractivity contribution in [3.63, 3.8) is 0 Å². The van der Waals surface area contributed by atoms with Gasteiger partial charge in [0.15, 0.2) is 5.69 Å². The van der Waals surface area contributed by atoms with Crippen LogP contribution in [0.1, 0.15) is 24.3 Å². The van der Waals surface area contributed by atoms with Gasteiger partial charge in [0, 0.05) is 6.61 Å². The van der Waals surface area contributed by atoms with Gasteiger partial charge in [-0.05, 0) is 13.8 Å². The van der Waals surface area contributed by atoms with Crippen LogP contribution in [0.15, 0.2) is 12.4 Å². The highest BCUT2D eigenvalue weighted by Crippen LogP contribution is 2.25. The van der Waals surface area contributed by atoms with Crippen molar-refractivity contribution >= 4 is 5.91 Å². The van der Waals surface area contributed by atoms with Gasteiger partial charge in [-0.15, -0.1) is 0 Å². The minimum absolute atomic E-state index is 0.140. The smallest absolute Gasteiger partial charge is 0.274 e. The predicted molar refractivity (Wildman–Crippen MR) is 64.5 cm³/mol. The Bertz CT molecular complexity index is 444. The number of rotatable bonds is 4. The van der Waals surface area contributed by atoms with Crippen LogP contribution < -0.4 is 4.74 Å². The van der Waals surface area contributed by atoms with Gasteiger partial charge in [-0.2, -0.15) is 0 Å². The van der Waals surface area contributed by atoms with Crippen LogP contribution >= 0.6 is 0 Å². The van der Waals surface area contributed by atoms with E-state index in [1.165, 1.54) is 19.5 Å². The monoisotopic (exact) mass is 251 g/mol. The molecule has 1 amide bonds. The topological polar surface area (TPSA) is 64.5 Å². The molecule has 0 aliphatic carbocycles. The first kappa shape index (κ1) is 12.8. The summed E-state index contributed by atoms with van der Waals surface area (Å²) in [6.07, 6.45) is 2.92. The van der Waals surface area contributed by atoms with Crippen molar-refractivity contribution in [2.24, 2.45) is 0 Å². The minimum atomic E-state index is -0.225. The molecule has 0 spiro atoms. The maximum atomic E-state index is 12.1. The summed E-state index contributed by atoms with van der Waals surface area (Å²) in [5.74, 6) is 0.201. The first-order valence-corrected chi connectivity index (χ1v) is 5.87. The van der Waals surface area contributed by atoms with Gasteiger partial charge < -0.3 is 14.4 Å². The van der Waals surface area contributed by atoms with Crippen molar-refractivity contribution in [2.75, 3.05) is 26.8 Å². The number of nitrogens with zero attached hydrogens (tertiary/aromatic N) is 3. The van der Waals surface area contributed by atoms with Crippen molar-refractivity contribution in [1.29, 1.82) is 0 Å². The third kappa shape index (κ3) is 2.43. The van der Waals surface area contributed by atoms with E-state index in [9.17, 15) is 4.79 Å². The number of hydrogen-bond acceptors (Lipinski definition) is 5. The molecule has 98 valence electrons. The highest BCUT2D eigenvalue weighted by atomic mass is 16.5. The molecule has 2 heterocycles. The number of methoxy groups -OCH3 is 1. The van der Waals surface area contributed by atoms with Crippen molar-refractivity contribution in [2.45, 2.75) is 19.4 Å². The molecule has 0 unspecified atom stereocenters. The molecule has 0 bridgehead atoms. The Morgan fingerprint density at radius 1 is 1.50 bits per heavy atom. The van der Waals surface area contributed by atoms with Gasteiger partial charge >= 0.3 is 0 Å². The molecule has 1 aromatic rings. The van der Waals surface area contributed by atoms with E-state index >= 15 is 0 Å². The fraction of sp³-hybridized carbons (Fsp3) is 0.583. The summed E-state index contributed by atoms with van der Waals surface area (Å²) in [6, 6.07) is 0. The molecule has 1 fully saturated rings. The molecule has 2 rings (SSSR count). The highest BCUT2D eigenvalue weighted by Gasteiger charge is 2.42. The Kier molecular flexibility index (Phi) is 3.47. The Hall–Kier alpha value is -1.69. The van der Waals surface area contributed by atoms with Gasteiger partial charge in [-0.3, -0.25) is 9.78 Å². The largest absolute Gasteiger partial charge is 0.480 e. The van der Waals surface area contributed by atoms with Gasteiger partial charge in [0.05, 0.1) is 32.6 Å². The molecule has 1 aliphatic heterocycles. The third-order valence-corrected chi connectivity index (χ3v) is 2.87. The van der Waals surface area contributed by atoms with E-state index in [0.29, 0.717) is 31.3 Å². The maximum Gasteiger partial charge on any atom is 0.274 e. The van der Waals surface area contributed by atoms with Crippen LogP contribution in [0.25, 0.3) is 0 Å². The molecule has 0 radical (unpaired) electrons. The molecule has 0 saturated carbocycles. The maximum absolute atomic E-state index is 12.1. The van der Waals surface area contributed by atoms with E-state index in [0.717, 1.165) is 0 Å². The fourth-order valence-electron chi connectivity index (χ4n) is 2.06. The van der Waals surface area contributed by atoms with Gasteiger partial charge in [0.25, 0.3) is 5.91 Å². The minimum Gasteiger partial charge on any atom is -0.480 e. The van der Waals surface area contributed by atoms with Crippen LogP contribution in [-0.2, 0) is 4.74 Å². The van der Waals surface area contributed by atoms with Crippen molar-refractivity contribution in [3.8, 4) is 5.88 Å². The molecule has 6 nitrogen and oxygen atoms in total. The van der Waals surface area contributed by atoms with Gasteiger partial charge in [-0.1, -0.05) is 0 Å². The lowest BCUT2D eigenvalue weighted by Crippen LogP contribution is -2.63. The van der Waals surface area contributed by atoms with Crippen LogP contribution in [-0.4, -0.2) is 53.2 Å². The molecular weight excluding hydrogens is 234 g/mol. The first-order chi connectivity index (χ1) is 8.58. The zero-order valence-corrected chi connectivity index (χ0v) is 10.8. The Morgan fingerprint density at radius 3 is 2.83 bits per heavy atom. The van der Waals surface area contributed by atoms with Crippen LogP contribution in [0.3, 0.4) is 0 Å². The summed E-state index contributed by atoms with van der Waals surface area (Å²) in [6.45, 7) is 5.76. The zero-order chi connectivity index (χ0) is 13.2. The highest BCUT2D eigenvalue weighted by molar-refractivity contribution is 5.92. The number of aromatic nitrogens is 2. The van der Waals surface area contributed by atoms with E-state index in [2.05, 4.69) is 9.97 Å². The van der Waals surface area contributed by atoms with Gasteiger partial charge in [0.2, 0.25) is 5.88 Å². The Morgan fingerprint density at radius 2 is 2.22 bits per heavy atom. The second-order valence-electron chi connectivity index (χ2n) is 4.49. The molecule has 0 aromatic carbocycles. The summed E-state index contributed by atoms with van der Waals surface area (Å²) < 4.78 is 10.5. The van der Waals surface area contributed by atoms with Crippen molar-refractivity contribution < 1.29 is 14.3 Å². The van der Waals surface area contributed by atoms with Crippen LogP contribution in [0.5, 0.6) is 5.88 Å². The molecule has 0 N–H and O–H groups in total. The number of carbonyl (C=O) groups is 1. The lowest BCUT2D eigenvalue weighted by atomic mass is 9.96. The van der Waals surface area contributed by atoms with Crippen LogP contribution in [0.2, 0.25) is 0 Å². The van der Waals surface area contributed by atoms with Crippen molar-refractivity contribution in [1.82, 2.24) is 14.9 Å².